The van der Waals surface area contributed by atoms with Crippen molar-refractivity contribution in [1.82, 2.24) is 0 Å². The number of nitrogens with one attached hydrogen (secondary N) is 1. The number of hydrogen-bond donors (Lipinski definition) is 1. The molecule has 112 valence electrons. The molecule has 0 spiro atoms. The van der Waals surface area contributed by atoms with Crippen LogP contribution in [-0.4, -0.2) is 21.4 Å². The average Bonchev–Trinajstić information content (AvgIpc) is 2.37. The Morgan fingerprint density at radius 2 is 2.10 bits per heavy atom. The summed E-state index contributed by atoms with van der Waals surface area (Å²) in [6, 6.07) is 4.07. The molecule has 1 aromatic rings. The zero-order chi connectivity index (χ0) is 15.3. The van der Waals surface area contributed by atoms with Crippen LogP contribution in [0, 0.1) is 5.92 Å². The lowest BCUT2D eigenvalue weighted by atomic mass is 10.1. The first kappa shape index (κ1) is 16.8. The first-order valence-electron chi connectivity index (χ1n) is 6.23. The molecule has 0 radical (unpaired) electrons. The van der Waals surface area contributed by atoms with Gasteiger partial charge < -0.3 is 10.1 Å². The SMILES string of the molecule is CCCC(C)C(=O)Nc1cc(S(=O)(=O)Cl)ccc1OC. The van der Waals surface area contributed by atoms with Gasteiger partial charge in [0.15, 0.2) is 0 Å². The van der Waals surface area contributed by atoms with Gasteiger partial charge in [0.25, 0.3) is 9.05 Å². The van der Waals surface area contributed by atoms with E-state index in [4.69, 9.17) is 15.4 Å². The highest BCUT2D eigenvalue weighted by molar-refractivity contribution is 8.13. The third-order valence-electron chi connectivity index (χ3n) is 2.88. The van der Waals surface area contributed by atoms with Crippen molar-refractivity contribution in [1.29, 1.82) is 0 Å². The molecule has 5 nitrogen and oxygen atoms in total. The standard InChI is InChI=1S/C13H18ClNO4S/c1-4-5-9(2)13(16)15-11-8-10(20(14,17)18)6-7-12(11)19-3/h6-9H,4-5H2,1-3H3,(H,15,16). The number of carbonyl (C=O) groups excluding carboxylic acids is 1. The topological polar surface area (TPSA) is 72.5 Å². The quantitative estimate of drug-likeness (QED) is 0.818. The van der Waals surface area contributed by atoms with Crippen molar-refractivity contribution in [2.24, 2.45) is 5.92 Å². The number of anilines is 1. The van der Waals surface area contributed by atoms with Crippen LogP contribution in [0.4, 0.5) is 5.69 Å². The van der Waals surface area contributed by atoms with E-state index >= 15 is 0 Å². The van der Waals surface area contributed by atoms with Crippen LogP contribution in [0.3, 0.4) is 0 Å². The number of methoxy groups -OCH3 is 1. The van der Waals surface area contributed by atoms with Gasteiger partial charge >= 0.3 is 0 Å². The molecule has 0 saturated carbocycles. The highest BCUT2D eigenvalue weighted by Crippen LogP contribution is 2.29. The van der Waals surface area contributed by atoms with Crippen LogP contribution >= 0.6 is 10.7 Å². The second kappa shape index (κ2) is 6.95. The molecule has 1 aromatic carbocycles. The molecular weight excluding hydrogens is 302 g/mol. The third-order valence-corrected chi connectivity index (χ3v) is 4.23. The van der Waals surface area contributed by atoms with E-state index < -0.39 is 9.05 Å². The smallest absolute Gasteiger partial charge is 0.261 e. The fourth-order valence-corrected chi connectivity index (χ4v) is 2.53. The fourth-order valence-electron chi connectivity index (χ4n) is 1.76. The van der Waals surface area contributed by atoms with Gasteiger partial charge in [0.2, 0.25) is 5.91 Å². The summed E-state index contributed by atoms with van der Waals surface area (Å²) in [5, 5.41) is 2.67. The van der Waals surface area contributed by atoms with Gasteiger partial charge in [-0.05, 0) is 24.6 Å². The van der Waals surface area contributed by atoms with E-state index in [0.717, 1.165) is 12.8 Å². The summed E-state index contributed by atoms with van der Waals surface area (Å²) in [7, 11) is 2.88. The lowest BCUT2D eigenvalue weighted by Gasteiger charge is -2.14. The summed E-state index contributed by atoms with van der Waals surface area (Å²) < 4.78 is 27.7. The minimum Gasteiger partial charge on any atom is -0.495 e. The lowest BCUT2D eigenvalue weighted by molar-refractivity contribution is -0.119. The minimum absolute atomic E-state index is 0.0848. The van der Waals surface area contributed by atoms with Gasteiger partial charge in [0.05, 0.1) is 17.7 Å². The van der Waals surface area contributed by atoms with Gasteiger partial charge in [-0.1, -0.05) is 20.3 Å². The molecule has 0 bridgehead atoms. The van der Waals surface area contributed by atoms with E-state index in [-0.39, 0.29) is 16.7 Å². The van der Waals surface area contributed by atoms with E-state index in [1.165, 1.54) is 25.3 Å². The monoisotopic (exact) mass is 319 g/mol. The van der Waals surface area contributed by atoms with Crippen LogP contribution in [-0.2, 0) is 13.8 Å². The maximum atomic E-state index is 12.0. The maximum Gasteiger partial charge on any atom is 0.261 e. The molecule has 0 fully saturated rings. The lowest BCUT2D eigenvalue weighted by Crippen LogP contribution is -2.20. The van der Waals surface area contributed by atoms with E-state index in [0.29, 0.717) is 11.4 Å². The Labute approximate surface area is 123 Å². The van der Waals surface area contributed by atoms with Crippen molar-refractivity contribution in [2.45, 2.75) is 31.6 Å². The maximum absolute atomic E-state index is 12.0. The van der Waals surface area contributed by atoms with Gasteiger partial charge in [-0.25, -0.2) is 8.42 Å². The summed E-state index contributed by atoms with van der Waals surface area (Å²) in [6.45, 7) is 3.80. The van der Waals surface area contributed by atoms with E-state index in [2.05, 4.69) is 5.32 Å². The largest absolute Gasteiger partial charge is 0.495 e. The van der Waals surface area contributed by atoms with Crippen molar-refractivity contribution in [3.05, 3.63) is 18.2 Å². The summed E-state index contributed by atoms with van der Waals surface area (Å²) in [4.78, 5) is 11.9. The Morgan fingerprint density at radius 1 is 1.45 bits per heavy atom. The zero-order valence-electron chi connectivity index (χ0n) is 11.6. The van der Waals surface area contributed by atoms with Crippen molar-refractivity contribution < 1.29 is 17.9 Å². The van der Waals surface area contributed by atoms with Crippen LogP contribution < -0.4 is 10.1 Å². The van der Waals surface area contributed by atoms with E-state index in [1.807, 2.05) is 13.8 Å². The molecule has 0 aliphatic carbocycles. The third kappa shape index (κ3) is 4.38. The van der Waals surface area contributed by atoms with Crippen LogP contribution in [0.15, 0.2) is 23.1 Å². The van der Waals surface area contributed by atoms with Gasteiger partial charge in [0, 0.05) is 16.6 Å². The normalized spacial score (nSPS) is 12.8. The number of halogens is 1. The first-order chi connectivity index (χ1) is 9.29. The van der Waals surface area contributed by atoms with E-state index in [9.17, 15) is 13.2 Å². The Hall–Kier alpha value is -1.27. The fraction of sp³-hybridized carbons (Fsp3) is 0.462. The Bertz CT molecular complexity index is 586. The molecule has 1 unspecified atom stereocenters. The van der Waals surface area contributed by atoms with Crippen molar-refractivity contribution >= 4 is 31.3 Å². The molecule has 7 heteroatoms. The average molecular weight is 320 g/mol. The molecule has 1 atom stereocenters. The molecule has 0 heterocycles. The summed E-state index contributed by atoms with van der Waals surface area (Å²) >= 11 is 0. The number of ether oxygens (including phenoxy) is 1. The number of benzene rings is 1. The highest BCUT2D eigenvalue weighted by Gasteiger charge is 2.17. The molecule has 0 aliphatic rings. The van der Waals surface area contributed by atoms with Gasteiger partial charge in [-0.3, -0.25) is 4.79 Å². The van der Waals surface area contributed by atoms with Crippen molar-refractivity contribution in [3.63, 3.8) is 0 Å². The molecule has 1 rings (SSSR count). The summed E-state index contributed by atoms with van der Waals surface area (Å²) in [5.41, 5.74) is 0.294. The second-order valence-corrected chi connectivity index (χ2v) is 7.04. The van der Waals surface area contributed by atoms with Crippen molar-refractivity contribution in [2.75, 3.05) is 12.4 Å². The van der Waals surface area contributed by atoms with Crippen LogP contribution in [0.25, 0.3) is 0 Å². The molecule has 0 aliphatic heterocycles. The van der Waals surface area contributed by atoms with Gasteiger partial charge in [-0.15, -0.1) is 0 Å². The van der Waals surface area contributed by atoms with Crippen LogP contribution in [0.2, 0.25) is 0 Å². The molecule has 1 amide bonds. The molecule has 1 N–H and O–H groups in total. The molecular formula is C13H18ClNO4S. The molecule has 20 heavy (non-hydrogen) atoms. The summed E-state index contributed by atoms with van der Waals surface area (Å²) in [5.74, 6) is 0.0290. The minimum atomic E-state index is -3.85. The Morgan fingerprint density at radius 3 is 2.60 bits per heavy atom. The van der Waals surface area contributed by atoms with Gasteiger partial charge in [-0.2, -0.15) is 0 Å². The number of hydrogen-bond acceptors (Lipinski definition) is 4. The second-order valence-electron chi connectivity index (χ2n) is 4.48. The molecule has 0 saturated heterocycles. The summed E-state index contributed by atoms with van der Waals surface area (Å²) in [6.07, 6.45) is 1.64. The zero-order valence-corrected chi connectivity index (χ0v) is 13.2. The number of amides is 1. The predicted octanol–water partition coefficient (Wildman–Crippen LogP) is 3.00. The highest BCUT2D eigenvalue weighted by atomic mass is 35.7. The molecule has 0 aromatic heterocycles. The number of carbonyl (C=O) groups is 1. The Kier molecular flexibility index (Phi) is 5.83. The van der Waals surface area contributed by atoms with Crippen molar-refractivity contribution in [3.8, 4) is 5.75 Å². The number of rotatable bonds is 6. The van der Waals surface area contributed by atoms with E-state index in [1.54, 1.807) is 0 Å². The predicted molar refractivity (Wildman–Crippen MR) is 78.7 cm³/mol. The first-order valence-corrected chi connectivity index (χ1v) is 8.54. The van der Waals surface area contributed by atoms with Gasteiger partial charge in [0.1, 0.15) is 5.75 Å². The van der Waals surface area contributed by atoms with Crippen LogP contribution in [0.1, 0.15) is 26.7 Å². The van der Waals surface area contributed by atoms with Crippen LogP contribution in [0.5, 0.6) is 5.75 Å². The Balaban J connectivity index is 3.06.